The Morgan fingerprint density at radius 3 is 1.93 bits per heavy atom. The maximum atomic E-state index is 12.2. The summed E-state index contributed by atoms with van der Waals surface area (Å²) in [5, 5.41) is 11.6. The molecule has 2 N–H and O–H groups in total. The van der Waals surface area contributed by atoms with Gasteiger partial charge in [-0.05, 0) is 46.5 Å². The molecule has 0 spiro atoms. The van der Waals surface area contributed by atoms with E-state index in [2.05, 4.69) is 38.1 Å². The Morgan fingerprint density at radius 1 is 0.889 bits per heavy atom. The predicted octanol–water partition coefficient (Wildman–Crippen LogP) is 4.10. The van der Waals surface area contributed by atoms with Crippen LogP contribution in [0, 0.1) is 11.8 Å². The van der Waals surface area contributed by atoms with E-state index in [0.717, 1.165) is 29.6 Å². The van der Waals surface area contributed by atoms with Gasteiger partial charge in [-0.15, -0.1) is 0 Å². The standard InChI is InChI=1S/C24H34O2Si/c1-24(2,17-16-20-10-9-11-21(18-20)19-25)27(26,22-12-5-3-6-13-22)23-14-7-4-8-15-23/h3-8,12-15,20-21,25-26H,9-11,16-19H2,1-2H3/t20?,21-/m0/s1. The molecule has 0 saturated heterocycles. The van der Waals surface area contributed by atoms with Gasteiger partial charge >= 0.3 is 0 Å². The van der Waals surface area contributed by atoms with E-state index in [1.165, 1.54) is 19.3 Å². The first-order valence-corrected chi connectivity index (χ1v) is 12.4. The lowest BCUT2D eigenvalue weighted by Gasteiger charge is -2.42. The number of rotatable bonds is 7. The minimum atomic E-state index is -2.89. The van der Waals surface area contributed by atoms with Crippen molar-refractivity contribution in [2.45, 2.75) is 57.4 Å². The minimum Gasteiger partial charge on any atom is -0.424 e. The van der Waals surface area contributed by atoms with Gasteiger partial charge in [-0.1, -0.05) is 93.8 Å². The Bertz CT molecular complexity index is 659. The molecule has 0 bridgehead atoms. The Labute approximate surface area is 165 Å². The summed E-state index contributed by atoms with van der Waals surface area (Å²) in [6, 6.07) is 20.6. The smallest absolute Gasteiger partial charge is 0.258 e. The zero-order chi connectivity index (χ0) is 19.3. The highest BCUT2D eigenvalue weighted by molar-refractivity contribution is 6.98. The van der Waals surface area contributed by atoms with E-state index in [1.807, 2.05) is 36.4 Å². The summed E-state index contributed by atoms with van der Waals surface area (Å²) in [4.78, 5) is 12.2. The summed E-state index contributed by atoms with van der Waals surface area (Å²) >= 11 is 0. The van der Waals surface area contributed by atoms with E-state index in [1.54, 1.807) is 0 Å². The molecule has 0 aliphatic heterocycles. The molecule has 1 aliphatic carbocycles. The molecule has 0 aromatic heterocycles. The van der Waals surface area contributed by atoms with Crippen molar-refractivity contribution in [3.05, 3.63) is 60.7 Å². The van der Waals surface area contributed by atoms with Crippen molar-refractivity contribution in [2.24, 2.45) is 11.8 Å². The third-order valence-electron chi connectivity index (χ3n) is 6.69. The third kappa shape index (κ3) is 4.36. The molecule has 2 aromatic carbocycles. The summed E-state index contributed by atoms with van der Waals surface area (Å²) in [6.45, 7) is 4.84. The van der Waals surface area contributed by atoms with Gasteiger partial charge in [0.2, 0.25) is 0 Å². The van der Waals surface area contributed by atoms with Crippen molar-refractivity contribution >= 4 is 18.7 Å². The van der Waals surface area contributed by atoms with Crippen LogP contribution in [0.1, 0.15) is 52.4 Å². The van der Waals surface area contributed by atoms with Gasteiger partial charge in [0.05, 0.1) is 0 Å². The lowest BCUT2D eigenvalue weighted by atomic mass is 9.79. The molecule has 1 saturated carbocycles. The Kier molecular flexibility index (Phi) is 6.56. The molecular formula is C24H34O2Si. The fourth-order valence-corrected chi connectivity index (χ4v) is 8.64. The number of hydrogen-bond acceptors (Lipinski definition) is 2. The van der Waals surface area contributed by atoms with Crippen molar-refractivity contribution in [2.75, 3.05) is 6.61 Å². The monoisotopic (exact) mass is 382 g/mol. The first-order valence-electron chi connectivity index (χ1n) is 10.4. The molecule has 0 amide bonds. The molecule has 3 rings (SSSR count). The molecular weight excluding hydrogens is 348 g/mol. The molecule has 2 atom stereocenters. The lowest BCUT2D eigenvalue weighted by molar-refractivity contribution is 0.154. The normalized spacial score (nSPS) is 21.2. The SMILES string of the molecule is CC(C)(CCC1CCC[C@H](CO)C1)[Si](O)(c1ccccc1)c1ccccc1. The van der Waals surface area contributed by atoms with Crippen LogP contribution in [0.4, 0.5) is 0 Å². The van der Waals surface area contributed by atoms with Gasteiger partial charge in [0, 0.05) is 6.61 Å². The maximum Gasteiger partial charge on any atom is 0.258 e. The van der Waals surface area contributed by atoms with Gasteiger partial charge < -0.3 is 9.90 Å². The highest BCUT2D eigenvalue weighted by Crippen LogP contribution is 2.43. The Hall–Kier alpha value is -1.42. The Balaban J connectivity index is 1.85. The van der Waals surface area contributed by atoms with E-state index in [0.29, 0.717) is 18.4 Å². The van der Waals surface area contributed by atoms with Crippen molar-refractivity contribution in [3.63, 3.8) is 0 Å². The number of aliphatic hydroxyl groups is 1. The van der Waals surface area contributed by atoms with Crippen molar-refractivity contribution in [1.82, 2.24) is 0 Å². The second kappa shape index (κ2) is 8.72. The van der Waals surface area contributed by atoms with Crippen LogP contribution >= 0.6 is 0 Å². The van der Waals surface area contributed by atoms with Crippen molar-refractivity contribution < 1.29 is 9.90 Å². The van der Waals surface area contributed by atoms with E-state index >= 15 is 0 Å². The quantitative estimate of drug-likeness (QED) is 0.708. The van der Waals surface area contributed by atoms with Crippen LogP contribution in [-0.2, 0) is 0 Å². The summed E-state index contributed by atoms with van der Waals surface area (Å²) < 4.78 is 0. The molecule has 0 radical (unpaired) electrons. The summed E-state index contributed by atoms with van der Waals surface area (Å²) in [5.74, 6) is 1.16. The fraction of sp³-hybridized carbons (Fsp3) is 0.500. The largest absolute Gasteiger partial charge is 0.424 e. The summed E-state index contributed by atoms with van der Waals surface area (Å²) in [5.41, 5.74) is 0. The van der Waals surface area contributed by atoms with Crippen LogP contribution in [0.2, 0.25) is 5.04 Å². The van der Waals surface area contributed by atoms with E-state index < -0.39 is 8.32 Å². The topological polar surface area (TPSA) is 40.5 Å². The third-order valence-corrected chi connectivity index (χ3v) is 11.2. The molecule has 0 heterocycles. The average molecular weight is 383 g/mol. The molecule has 27 heavy (non-hydrogen) atoms. The van der Waals surface area contributed by atoms with Crippen molar-refractivity contribution in [3.8, 4) is 0 Å². The molecule has 146 valence electrons. The van der Waals surface area contributed by atoms with Crippen LogP contribution in [-0.4, -0.2) is 24.8 Å². The maximum absolute atomic E-state index is 12.2. The first kappa shape index (κ1) is 20.3. The van der Waals surface area contributed by atoms with Gasteiger partial charge in [-0.25, -0.2) is 0 Å². The minimum absolute atomic E-state index is 0.165. The number of aliphatic hydroxyl groups excluding tert-OH is 1. The molecule has 2 aromatic rings. The molecule has 2 nitrogen and oxygen atoms in total. The molecule has 1 unspecified atom stereocenters. The molecule has 1 fully saturated rings. The van der Waals surface area contributed by atoms with Gasteiger partial charge in [0.25, 0.3) is 8.32 Å². The highest BCUT2D eigenvalue weighted by atomic mass is 28.4. The van der Waals surface area contributed by atoms with Crippen LogP contribution in [0.15, 0.2) is 60.7 Å². The summed E-state index contributed by atoms with van der Waals surface area (Å²) in [6.07, 6.45) is 6.96. The van der Waals surface area contributed by atoms with Crippen molar-refractivity contribution in [1.29, 1.82) is 0 Å². The van der Waals surface area contributed by atoms with Crippen LogP contribution in [0.5, 0.6) is 0 Å². The summed E-state index contributed by atoms with van der Waals surface area (Å²) in [7, 11) is -2.89. The fourth-order valence-electron chi connectivity index (χ4n) is 4.88. The zero-order valence-corrected chi connectivity index (χ0v) is 17.8. The van der Waals surface area contributed by atoms with E-state index in [-0.39, 0.29) is 5.04 Å². The average Bonchev–Trinajstić information content (AvgIpc) is 2.73. The molecule has 3 heteroatoms. The van der Waals surface area contributed by atoms with Gasteiger partial charge in [-0.2, -0.15) is 0 Å². The Morgan fingerprint density at radius 2 is 1.41 bits per heavy atom. The van der Waals surface area contributed by atoms with E-state index in [4.69, 9.17) is 0 Å². The van der Waals surface area contributed by atoms with Gasteiger partial charge in [0.15, 0.2) is 0 Å². The second-order valence-corrected chi connectivity index (χ2v) is 12.9. The first-order chi connectivity index (χ1) is 13.0. The lowest BCUT2D eigenvalue weighted by Crippen LogP contribution is -2.65. The zero-order valence-electron chi connectivity index (χ0n) is 16.8. The van der Waals surface area contributed by atoms with Crippen LogP contribution in [0.3, 0.4) is 0 Å². The molecule has 1 aliphatic rings. The van der Waals surface area contributed by atoms with E-state index in [9.17, 15) is 9.90 Å². The number of hydrogen-bond donors (Lipinski definition) is 2. The second-order valence-electron chi connectivity index (χ2n) is 8.95. The van der Waals surface area contributed by atoms with Gasteiger partial charge in [-0.3, -0.25) is 0 Å². The number of benzene rings is 2. The van der Waals surface area contributed by atoms with Crippen LogP contribution in [0.25, 0.3) is 0 Å². The van der Waals surface area contributed by atoms with Gasteiger partial charge in [0.1, 0.15) is 0 Å². The predicted molar refractivity (Wildman–Crippen MR) is 116 cm³/mol. The highest BCUT2D eigenvalue weighted by Gasteiger charge is 2.49. The van der Waals surface area contributed by atoms with Crippen LogP contribution < -0.4 is 10.4 Å².